The standard InChI is InChI=1S/C12H16N2O/c1-2-14(9-3-8-13)10-11-4-6-12(15)7-5-11/h4-7,15H,2-3,9-10H2,1H3. The highest BCUT2D eigenvalue weighted by Gasteiger charge is 2.02. The van der Waals surface area contributed by atoms with E-state index in [9.17, 15) is 0 Å². The molecule has 0 saturated carbocycles. The van der Waals surface area contributed by atoms with Crippen LogP contribution in [0.4, 0.5) is 0 Å². The van der Waals surface area contributed by atoms with E-state index < -0.39 is 0 Å². The lowest BCUT2D eigenvalue weighted by atomic mass is 10.2. The van der Waals surface area contributed by atoms with Gasteiger partial charge < -0.3 is 5.11 Å². The van der Waals surface area contributed by atoms with E-state index in [2.05, 4.69) is 17.9 Å². The number of hydrogen-bond donors (Lipinski definition) is 1. The molecule has 1 N–H and O–H groups in total. The lowest BCUT2D eigenvalue weighted by Crippen LogP contribution is -2.23. The number of nitriles is 1. The van der Waals surface area contributed by atoms with Crippen LogP contribution in [0.2, 0.25) is 0 Å². The van der Waals surface area contributed by atoms with E-state index in [4.69, 9.17) is 10.4 Å². The highest BCUT2D eigenvalue weighted by molar-refractivity contribution is 5.25. The lowest BCUT2D eigenvalue weighted by Gasteiger charge is -2.18. The van der Waals surface area contributed by atoms with Crippen LogP contribution in [0.5, 0.6) is 5.75 Å². The van der Waals surface area contributed by atoms with E-state index in [1.807, 2.05) is 12.1 Å². The second-order valence-electron chi connectivity index (χ2n) is 3.44. The Kier molecular flexibility index (Phi) is 4.65. The van der Waals surface area contributed by atoms with E-state index in [-0.39, 0.29) is 0 Å². The number of aromatic hydroxyl groups is 1. The van der Waals surface area contributed by atoms with Crippen LogP contribution >= 0.6 is 0 Å². The minimum absolute atomic E-state index is 0.291. The van der Waals surface area contributed by atoms with Crippen LogP contribution in [0.1, 0.15) is 18.9 Å². The Hall–Kier alpha value is -1.53. The third-order valence-electron chi connectivity index (χ3n) is 2.33. The summed E-state index contributed by atoms with van der Waals surface area (Å²) in [5.74, 6) is 0.291. The lowest BCUT2D eigenvalue weighted by molar-refractivity contribution is 0.286. The number of benzene rings is 1. The molecule has 0 fully saturated rings. The first-order chi connectivity index (χ1) is 7.26. The Balaban J connectivity index is 2.51. The average molecular weight is 204 g/mol. The second-order valence-corrected chi connectivity index (χ2v) is 3.44. The molecule has 0 saturated heterocycles. The summed E-state index contributed by atoms with van der Waals surface area (Å²) >= 11 is 0. The summed E-state index contributed by atoms with van der Waals surface area (Å²) in [7, 11) is 0. The molecule has 80 valence electrons. The number of rotatable bonds is 5. The van der Waals surface area contributed by atoms with E-state index in [1.54, 1.807) is 12.1 Å². The largest absolute Gasteiger partial charge is 0.508 e. The van der Waals surface area contributed by atoms with Gasteiger partial charge in [0, 0.05) is 19.5 Å². The maximum absolute atomic E-state index is 9.13. The molecule has 0 unspecified atom stereocenters. The predicted octanol–water partition coefficient (Wildman–Crippen LogP) is 2.13. The van der Waals surface area contributed by atoms with Gasteiger partial charge in [-0.15, -0.1) is 0 Å². The van der Waals surface area contributed by atoms with Crippen LogP contribution < -0.4 is 0 Å². The molecular formula is C12H16N2O. The third kappa shape index (κ3) is 4.01. The summed E-state index contributed by atoms with van der Waals surface area (Å²) < 4.78 is 0. The first-order valence-corrected chi connectivity index (χ1v) is 5.13. The Morgan fingerprint density at radius 3 is 2.53 bits per heavy atom. The van der Waals surface area contributed by atoms with E-state index in [0.29, 0.717) is 12.2 Å². The summed E-state index contributed by atoms with van der Waals surface area (Å²) in [6, 6.07) is 9.34. The highest BCUT2D eigenvalue weighted by atomic mass is 16.3. The minimum Gasteiger partial charge on any atom is -0.508 e. The number of phenolic OH excluding ortho intramolecular Hbond substituents is 1. The normalized spacial score (nSPS) is 10.2. The molecule has 0 radical (unpaired) electrons. The van der Waals surface area contributed by atoms with Crippen molar-refractivity contribution in [1.82, 2.24) is 4.90 Å². The fourth-order valence-electron chi connectivity index (χ4n) is 1.42. The van der Waals surface area contributed by atoms with Crippen LogP contribution in [-0.4, -0.2) is 23.1 Å². The molecule has 0 spiro atoms. The molecule has 0 aliphatic heterocycles. The predicted molar refractivity (Wildman–Crippen MR) is 59.3 cm³/mol. The molecule has 3 heteroatoms. The average Bonchev–Trinajstić information content (AvgIpc) is 2.27. The minimum atomic E-state index is 0.291. The number of hydrogen-bond acceptors (Lipinski definition) is 3. The van der Waals surface area contributed by atoms with Gasteiger partial charge in [-0.25, -0.2) is 0 Å². The summed E-state index contributed by atoms with van der Waals surface area (Å²) in [6.07, 6.45) is 0.561. The molecule has 0 amide bonds. The molecule has 1 aromatic carbocycles. The number of phenols is 1. The van der Waals surface area contributed by atoms with Crippen molar-refractivity contribution in [3.8, 4) is 11.8 Å². The monoisotopic (exact) mass is 204 g/mol. The molecule has 0 bridgehead atoms. The molecule has 0 atom stereocenters. The zero-order valence-electron chi connectivity index (χ0n) is 8.98. The van der Waals surface area contributed by atoms with Crippen LogP contribution in [0, 0.1) is 11.3 Å². The fraction of sp³-hybridized carbons (Fsp3) is 0.417. The van der Waals surface area contributed by atoms with E-state index >= 15 is 0 Å². The van der Waals surface area contributed by atoms with Gasteiger partial charge in [-0.3, -0.25) is 4.90 Å². The van der Waals surface area contributed by atoms with Crippen LogP contribution in [0.15, 0.2) is 24.3 Å². The maximum atomic E-state index is 9.13. The Morgan fingerprint density at radius 2 is 2.00 bits per heavy atom. The van der Waals surface area contributed by atoms with Crippen molar-refractivity contribution in [3.05, 3.63) is 29.8 Å². The second kappa shape index (κ2) is 6.05. The van der Waals surface area contributed by atoms with Crippen molar-refractivity contribution < 1.29 is 5.11 Å². The van der Waals surface area contributed by atoms with Crippen LogP contribution in [0.3, 0.4) is 0 Å². The van der Waals surface area contributed by atoms with E-state index in [0.717, 1.165) is 25.2 Å². The molecule has 0 aromatic heterocycles. The van der Waals surface area contributed by atoms with E-state index in [1.165, 1.54) is 0 Å². The van der Waals surface area contributed by atoms with Gasteiger partial charge in [0.05, 0.1) is 6.07 Å². The van der Waals surface area contributed by atoms with Gasteiger partial charge in [-0.2, -0.15) is 5.26 Å². The van der Waals surface area contributed by atoms with Gasteiger partial charge in [-0.05, 0) is 24.2 Å². The Morgan fingerprint density at radius 1 is 1.33 bits per heavy atom. The Bertz CT molecular complexity index is 326. The molecule has 0 aliphatic carbocycles. The zero-order valence-corrected chi connectivity index (χ0v) is 8.98. The van der Waals surface area contributed by atoms with Crippen molar-refractivity contribution >= 4 is 0 Å². The van der Waals surface area contributed by atoms with Gasteiger partial charge in [0.25, 0.3) is 0 Å². The molecule has 0 aliphatic rings. The van der Waals surface area contributed by atoms with Crippen molar-refractivity contribution in [2.45, 2.75) is 19.9 Å². The van der Waals surface area contributed by atoms with Gasteiger partial charge in [0.15, 0.2) is 0 Å². The van der Waals surface area contributed by atoms with Crippen molar-refractivity contribution in [1.29, 1.82) is 5.26 Å². The molecule has 1 rings (SSSR count). The summed E-state index contributed by atoms with van der Waals surface area (Å²) in [5, 5.41) is 17.6. The van der Waals surface area contributed by atoms with Gasteiger partial charge in [0.1, 0.15) is 5.75 Å². The van der Waals surface area contributed by atoms with Gasteiger partial charge in [-0.1, -0.05) is 19.1 Å². The summed E-state index contributed by atoms with van der Waals surface area (Å²) in [6.45, 7) is 4.65. The number of nitrogens with zero attached hydrogens (tertiary/aromatic N) is 2. The quantitative estimate of drug-likeness (QED) is 0.799. The third-order valence-corrected chi connectivity index (χ3v) is 2.33. The highest BCUT2D eigenvalue weighted by Crippen LogP contribution is 2.11. The van der Waals surface area contributed by atoms with Gasteiger partial charge in [0.2, 0.25) is 0 Å². The summed E-state index contributed by atoms with van der Waals surface area (Å²) in [4.78, 5) is 2.20. The first kappa shape index (κ1) is 11.5. The topological polar surface area (TPSA) is 47.3 Å². The molecule has 3 nitrogen and oxygen atoms in total. The van der Waals surface area contributed by atoms with Crippen molar-refractivity contribution in [3.63, 3.8) is 0 Å². The molecule has 1 aromatic rings. The van der Waals surface area contributed by atoms with Crippen molar-refractivity contribution in [2.24, 2.45) is 0 Å². The SMILES string of the molecule is CCN(CCC#N)Cc1ccc(O)cc1. The van der Waals surface area contributed by atoms with Crippen LogP contribution in [0.25, 0.3) is 0 Å². The molecular weight excluding hydrogens is 188 g/mol. The fourth-order valence-corrected chi connectivity index (χ4v) is 1.42. The maximum Gasteiger partial charge on any atom is 0.115 e. The van der Waals surface area contributed by atoms with Gasteiger partial charge >= 0.3 is 0 Å². The first-order valence-electron chi connectivity index (χ1n) is 5.13. The molecule has 15 heavy (non-hydrogen) atoms. The Labute approximate surface area is 90.6 Å². The van der Waals surface area contributed by atoms with Crippen molar-refractivity contribution in [2.75, 3.05) is 13.1 Å². The zero-order chi connectivity index (χ0) is 11.1. The smallest absolute Gasteiger partial charge is 0.115 e. The van der Waals surface area contributed by atoms with Crippen LogP contribution in [-0.2, 0) is 6.54 Å². The molecule has 0 heterocycles. The summed E-state index contributed by atoms with van der Waals surface area (Å²) in [5.41, 5.74) is 1.16.